The standard InChI is InChI=1S/C16H17N7O4/c1-21-5-4-17-12(21)15(25)18-9-6-10(22(2)7-9)14(24)20-11-8-23(3)13(19-11)16(26)27/h4-8H,1-3H3,(H,18,25)(H,20,24)(H,26,27). The summed E-state index contributed by atoms with van der Waals surface area (Å²) in [7, 11) is 4.86. The molecule has 0 aliphatic rings. The summed E-state index contributed by atoms with van der Waals surface area (Å²) >= 11 is 0. The van der Waals surface area contributed by atoms with Crippen LogP contribution >= 0.6 is 0 Å². The number of amides is 2. The Labute approximate surface area is 153 Å². The van der Waals surface area contributed by atoms with E-state index in [1.165, 1.54) is 34.6 Å². The molecule has 0 spiro atoms. The van der Waals surface area contributed by atoms with Gasteiger partial charge in [0.15, 0.2) is 11.6 Å². The summed E-state index contributed by atoms with van der Waals surface area (Å²) in [5, 5.41) is 14.2. The first kappa shape index (κ1) is 17.9. The molecule has 0 aromatic carbocycles. The van der Waals surface area contributed by atoms with Gasteiger partial charge < -0.3 is 29.4 Å². The Balaban J connectivity index is 1.75. The number of rotatable bonds is 5. The number of carboxylic acid groups (broad SMARTS) is 1. The van der Waals surface area contributed by atoms with Crippen LogP contribution in [0.15, 0.2) is 30.9 Å². The van der Waals surface area contributed by atoms with Crippen LogP contribution in [-0.2, 0) is 21.1 Å². The molecule has 0 bridgehead atoms. The fraction of sp³-hybridized carbons (Fsp3) is 0.188. The lowest BCUT2D eigenvalue weighted by molar-refractivity contribution is 0.0679. The number of hydrogen-bond acceptors (Lipinski definition) is 5. The highest BCUT2D eigenvalue weighted by atomic mass is 16.4. The van der Waals surface area contributed by atoms with Crippen molar-refractivity contribution in [2.45, 2.75) is 0 Å². The quantitative estimate of drug-likeness (QED) is 0.604. The molecule has 0 aliphatic heterocycles. The summed E-state index contributed by atoms with van der Waals surface area (Å²) in [6.07, 6.45) is 6.14. The molecular formula is C16H17N7O4. The maximum absolute atomic E-state index is 12.4. The normalized spacial score (nSPS) is 10.6. The number of nitrogens with one attached hydrogen (secondary N) is 2. The number of carbonyl (C=O) groups is 3. The Morgan fingerprint density at radius 1 is 0.963 bits per heavy atom. The van der Waals surface area contributed by atoms with E-state index in [-0.39, 0.29) is 23.2 Å². The highest BCUT2D eigenvalue weighted by molar-refractivity contribution is 6.06. The number of nitrogens with zero attached hydrogens (tertiary/aromatic N) is 5. The van der Waals surface area contributed by atoms with Crippen molar-refractivity contribution < 1.29 is 19.5 Å². The number of imidazole rings is 2. The smallest absolute Gasteiger partial charge is 0.372 e. The minimum Gasteiger partial charge on any atom is -0.475 e. The van der Waals surface area contributed by atoms with Crippen LogP contribution in [0.4, 0.5) is 11.5 Å². The number of aromatic nitrogens is 5. The van der Waals surface area contributed by atoms with Gasteiger partial charge in [-0.3, -0.25) is 9.59 Å². The molecule has 27 heavy (non-hydrogen) atoms. The number of aryl methyl sites for hydroxylation is 3. The number of carboxylic acids is 1. The third kappa shape index (κ3) is 3.56. The van der Waals surface area contributed by atoms with Crippen molar-refractivity contribution in [1.82, 2.24) is 23.7 Å². The molecular weight excluding hydrogens is 354 g/mol. The molecule has 3 heterocycles. The highest BCUT2D eigenvalue weighted by Gasteiger charge is 2.18. The van der Waals surface area contributed by atoms with Crippen molar-refractivity contribution in [3.63, 3.8) is 0 Å². The minimum atomic E-state index is -1.20. The van der Waals surface area contributed by atoms with E-state index in [4.69, 9.17) is 5.11 Å². The molecule has 2 amide bonds. The summed E-state index contributed by atoms with van der Waals surface area (Å²) in [6.45, 7) is 0. The second-order valence-electron chi connectivity index (χ2n) is 5.86. The molecule has 0 fully saturated rings. The van der Waals surface area contributed by atoms with E-state index in [0.717, 1.165) is 0 Å². The van der Waals surface area contributed by atoms with E-state index >= 15 is 0 Å². The van der Waals surface area contributed by atoms with Crippen LogP contribution in [0.25, 0.3) is 0 Å². The minimum absolute atomic E-state index is 0.111. The third-order valence-corrected chi connectivity index (χ3v) is 3.83. The molecule has 3 aromatic heterocycles. The van der Waals surface area contributed by atoms with E-state index in [1.54, 1.807) is 31.1 Å². The van der Waals surface area contributed by atoms with Gasteiger partial charge in [-0.1, -0.05) is 0 Å². The zero-order chi connectivity index (χ0) is 19.7. The van der Waals surface area contributed by atoms with Gasteiger partial charge in [-0.15, -0.1) is 0 Å². The topological polar surface area (TPSA) is 136 Å². The fourth-order valence-corrected chi connectivity index (χ4v) is 2.54. The van der Waals surface area contributed by atoms with Gasteiger partial charge in [0, 0.05) is 45.9 Å². The summed E-state index contributed by atoms with van der Waals surface area (Å²) in [5.41, 5.74) is 0.676. The number of aromatic carboxylic acids is 1. The van der Waals surface area contributed by atoms with E-state index in [0.29, 0.717) is 5.69 Å². The molecule has 140 valence electrons. The van der Waals surface area contributed by atoms with Crippen molar-refractivity contribution in [1.29, 1.82) is 0 Å². The average molecular weight is 371 g/mol. The molecule has 0 saturated carbocycles. The molecule has 3 aromatic rings. The van der Waals surface area contributed by atoms with Crippen molar-refractivity contribution in [2.75, 3.05) is 10.6 Å². The first-order valence-electron chi connectivity index (χ1n) is 7.79. The average Bonchev–Trinajstić information content (AvgIpc) is 3.26. The lowest BCUT2D eigenvalue weighted by Gasteiger charge is -2.02. The summed E-state index contributed by atoms with van der Waals surface area (Å²) < 4.78 is 4.40. The number of carbonyl (C=O) groups excluding carboxylic acids is 2. The zero-order valence-electron chi connectivity index (χ0n) is 14.8. The maximum Gasteiger partial charge on any atom is 0.372 e. The van der Waals surface area contributed by atoms with Crippen molar-refractivity contribution >= 4 is 29.3 Å². The Morgan fingerprint density at radius 3 is 2.30 bits per heavy atom. The Kier molecular flexibility index (Phi) is 4.50. The molecule has 11 heteroatoms. The molecule has 0 unspecified atom stereocenters. The van der Waals surface area contributed by atoms with Gasteiger partial charge in [-0.25, -0.2) is 14.8 Å². The Bertz CT molecular complexity index is 1040. The van der Waals surface area contributed by atoms with Gasteiger partial charge >= 0.3 is 5.97 Å². The van der Waals surface area contributed by atoms with Gasteiger partial charge in [0.1, 0.15) is 5.69 Å². The highest BCUT2D eigenvalue weighted by Crippen LogP contribution is 2.16. The van der Waals surface area contributed by atoms with Crippen LogP contribution in [0.2, 0.25) is 0 Å². The summed E-state index contributed by atoms with van der Waals surface area (Å²) in [5.74, 6) is -1.95. The third-order valence-electron chi connectivity index (χ3n) is 3.83. The Hall–Kier alpha value is -3.89. The van der Waals surface area contributed by atoms with Gasteiger partial charge in [-0.05, 0) is 6.07 Å². The molecule has 0 atom stereocenters. The van der Waals surface area contributed by atoms with Crippen LogP contribution in [0.1, 0.15) is 31.7 Å². The van der Waals surface area contributed by atoms with Crippen molar-refractivity contribution in [3.8, 4) is 0 Å². The number of anilines is 2. The SMILES string of the molecule is Cn1cc(NC(=O)c2nccn2C)cc1C(=O)Nc1cn(C)c(C(=O)O)n1. The predicted molar refractivity (Wildman–Crippen MR) is 94.7 cm³/mol. The maximum atomic E-state index is 12.4. The lowest BCUT2D eigenvalue weighted by atomic mass is 10.3. The predicted octanol–water partition coefficient (Wildman–Crippen LogP) is 0.695. The fourth-order valence-electron chi connectivity index (χ4n) is 2.54. The lowest BCUT2D eigenvalue weighted by Crippen LogP contribution is -2.16. The second kappa shape index (κ2) is 6.78. The van der Waals surface area contributed by atoms with Crippen LogP contribution < -0.4 is 10.6 Å². The van der Waals surface area contributed by atoms with Gasteiger partial charge in [-0.2, -0.15) is 0 Å². The monoisotopic (exact) mass is 371 g/mol. The van der Waals surface area contributed by atoms with Gasteiger partial charge in [0.2, 0.25) is 5.82 Å². The van der Waals surface area contributed by atoms with Crippen molar-refractivity contribution in [3.05, 3.63) is 48.2 Å². The van der Waals surface area contributed by atoms with E-state index < -0.39 is 17.8 Å². The largest absolute Gasteiger partial charge is 0.475 e. The first-order chi connectivity index (χ1) is 12.8. The first-order valence-corrected chi connectivity index (χ1v) is 7.79. The van der Waals surface area contributed by atoms with Crippen molar-refractivity contribution in [2.24, 2.45) is 21.1 Å². The van der Waals surface area contributed by atoms with Crippen LogP contribution in [0.3, 0.4) is 0 Å². The second-order valence-corrected chi connectivity index (χ2v) is 5.86. The number of hydrogen-bond donors (Lipinski definition) is 3. The summed E-state index contributed by atoms with van der Waals surface area (Å²) in [4.78, 5) is 43.5. The molecule has 0 radical (unpaired) electrons. The Morgan fingerprint density at radius 2 is 1.70 bits per heavy atom. The summed E-state index contributed by atoms with van der Waals surface area (Å²) in [6, 6.07) is 1.50. The van der Waals surface area contributed by atoms with E-state index in [1.807, 2.05) is 0 Å². The van der Waals surface area contributed by atoms with Crippen LogP contribution in [0, 0.1) is 0 Å². The van der Waals surface area contributed by atoms with E-state index in [9.17, 15) is 14.4 Å². The van der Waals surface area contributed by atoms with Gasteiger partial charge in [0.05, 0.1) is 5.69 Å². The van der Waals surface area contributed by atoms with Crippen LogP contribution in [0.5, 0.6) is 0 Å². The molecule has 11 nitrogen and oxygen atoms in total. The molecule has 0 aliphatic carbocycles. The van der Waals surface area contributed by atoms with E-state index in [2.05, 4.69) is 20.6 Å². The van der Waals surface area contributed by atoms with Gasteiger partial charge in [0.25, 0.3) is 11.8 Å². The zero-order valence-corrected chi connectivity index (χ0v) is 14.8. The molecule has 3 N–H and O–H groups in total. The molecule has 3 rings (SSSR count). The molecule has 0 saturated heterocycles. The van der Waals surface area contributed by atoms with Crippen LogP contribution in [-0.4, -0.2) is 46.6 Å².